The summed E-state index contributed by atoms with van der Waals surface area (Å²) < 4.78 is 0. The number of hydrogen-bond acceptors (Lipinski definition) is 8. The molecule has 0 bridgehead atoms. The number of benzene rings is 2. The van der Waals surface area contributed by atoms with E-state index in [1.165, 1.54) is 31.6 Å². The first kappa shape index (κ1) is 31.7. The summed E-state index contributed by atoms with van der Waals surface area (Å²) in [6.07, 6.45) is 3.25. The number of aromatic nitrogens is 3. The fraction of sp³-hybridized carbons (Fsp3) is 0.300. The maximum atomic E-state index is 13.7. The minimum atomic E-state index is -1.63. The number of carbonyl (C=O) groups is 4. The van der Waals surface area contributed by atoms with Crippen LogP contribution in [0.4, 0.5) is 0 Å². The molecule has 0 aliphatic carbocycles. The standard InChI is InChI=1S/C30H35N7O7/c1-16(38)26(30(43)44)37-29(42)25(12-19-14-32-15-34-19)36-28(41)24(10-17-6-8-20(39)9-7-17)35-27(40)22(31)11-18-13-33-23-5-3-2-4-21(18)23/h2-9,13-16,22,24-26,33,38-39H,10-12,31H2,1H3,(H,32,34)(H,35,40)(H,36,41)(H,37,42)(H,43,44). The molecule has 14 nitrogen and oxygen atoms in total. The molecular weight excluding hydrogens is 570 g/mol. The fourth-order valence-corrected chi connectivity index (χ4v) is 4.73. The highest BCUT2D eigenvalue weighted by Gasteiger charge is 2.32. The van der Waals surface area contributed by atoms with E-state index in [9.17, 15) is 34.5 Å². The number of rotatable bonds is 14. The number of aliphatic hydroxyl groups is 1. The maximum absolute atomic E-state index is 13.7. The van der Waals surface area contributed by atoms with Gasteiger partial charge in [0.2, 0.25) is 17.7 Å². The third kappa shape index (κ3) is 8.20. The molecule has 2 aromatic carbocycles. The minimum absolute atomic E-state index is 0.0124. The highest BCUT2D eigenvalue weighted by atomic mass is 16.4. The third-order valence-corrected chi connectivity index (χ3v) is 7.12. The average molecular weight is 606 g/mol. The number of carbonyl (C=O) groups excluding carboxylic acids is 3. The van der Waals surface area contributed by atoms with Gasteiger partial charge in [-0.2, -0.15) is 0 Å². The van der Waals surface area contributed by atoms with Crippen molar-refractivity contribution < 1.29 is 34.5 Å². The first-order valence-corrected chi connectivity index (χ1v) is 13.9. The van der Waals surface area contributed by atoms with Crippen LogP contribution in [0.3, 0.4) is 0 Å². The Morgan fingerprint density at radius 3 is 2.20 bits per heavy atom. The van der Waals surface area contributed by atoms with E-state index in [-0.39, 0.29) is 25.0 Å². The van der Waals surface area contributed by atoms with Crippen LogP contribution in [0.25, 0.3) is 10.9 Å². The summed E-state index contributed by atoms with van der Waals surface area (Å²) >= 11 is 0. The fourth-order valence-electron chi connectivity index (χ4n) is 4.73. The summed E-state index contributed by atoms with van der Waals surface area (Å²) in [4.78, 5) is 61.6. The summed E-state index contributed by atoms with van der Waals surface area (Å²) in [5.74, 6) is -3.66. The number of hydrogen-bond donors (Lipinski definition) is 9. The van der Waals surface area contributed by atoms with Crippen LogP contribution in [-0.2, 0) is 38.4 Å². The van der Waals surface area contributed by atoms with Crippen molar-refractivity contribution in [1.82, 2.24) is 30.9 Å². The Labute approximate surface area is 252 Å². The highest BCUT2D eigenvalue weighted by Crippen LogP contribution is 2.19. The number of nitrogens with zero attached hydrogens (tertiary/aromatic N) is 1. The Bertz CT molecular complexity index is 1580. The van der Waals surface area contributed by atoms with Crippen LogP contribution in [0.2, 0.25) is 0 Å². The van der Waals surface area contributed by atoms with Gasteiger partial charge in [-0.05, 0) is 42.7 Å². The van der Waals surface area contributed by atoms with Crippen molar-refractivity contribution in [2.75, 3.05) is 0 Å². The molecular formula is C30H35N7O7. The molecule has 0 saturated carbocycles. The van der Waals surface area contributed by atoms with Crippen LogP contribution in [-0.4, -0.2) is 84.2 Å². The number of phenolic OH excluding ortho intramolecular Hbond substituents is 1. The topological polar surface area (TPSA) is 236 Å². The molecule has 4 rings (SSSR count). The van der Waals surface area contributed by atoms with Crippen molar-refractivity contribution in [2.24, 2.45) is 5.73 Å². The Morgan fingerprint density at radius 2 is 1.55 bits per heavy atom. The van der Waals surface area contributed by atoms with Crippen LogP contribution in [0.1, 0.15) is 23.7 Å². The number of aromatic hydroxyl groups is 1. The van der Waals surface area contributed by atoms with Crippen LogP contribution in [0, 0.1) is 0 Å². The van der Waals surface area contributed by atoms with Crippen molar-refractivity contribution >= 4 is 34.6 Å². The summed E-state index contributed by atoms with van der Waals surface area (Å²) in [7, 11) is 0. The van der Waals surface area contributed by atoms with Crippen molar-refractivity contribution in [1.29, 1.82) is 0 Å². The molecule has 0 saturated heterocycles. The molecule has 5 unspecified atom stereocenters. The number of aliphatic carboxylic acids is 1. The molecule has 0 radical (unpaired) electrons. The Hall–Kier alpha value is -5.21. The van der Waals surface area contributed by atoms with E-state index in [1.54, 1.807) is 18.3 Å². The summed E-state index contributed by atoms with van der Waals surface area (Å²) in [6, 6.07) is 8.46. The van der Waals surface area contributed by atoms with Gasteiger partial charge < -0.3 is 47.0 Å². The van der Waals surface area contributed by atoms with Gasteiger partial charge in [-0.1, -0.05) is 30.3 Å². The van der Waals surface area contributed by atoms with Gasteiger partial charge in [0, 0.05) is 41.8 Å². The van der Waals surface area contributed by atoms with Crippen LogP contribution in [0.15, 0.2) is 67.3 Å². The Balaban J connectivity index is 1.54. The van der Waals surface area contributed by atoms with Crippen LogP contribution in [0.5, 0.6) is 5.75 Å². The molecule has 0 spiro atoms. The van der Waals surface area contributed by atoms with E-state index in [0.29, 0.717) is 11.3 Å². The van der Waals surface area contributed by atoms with E-state index < -0.39 is 54.0 Å². The molecule has 0 aliphatic heterocycles. The molecule has 44 heavy (non-hydrogen) atoms. The van der Waals surface area contributed by atoms with E-state index in [4.69, 9.17) is 5.73 Å². The quantitative estimate of drug-likeness (QED) is 0.0929. The molecule has 0 aliphatic rings. The van der Waals surface area contributed by atoms with Gasteiger partial charge in [0.1, 0.15) is 17.8 Å². The molecule has 2 aromatic heterocycles. The second kappa shape index (κ2) is 14.3. The number of nitrogens with one attached hydrogen (secondary N) is 5. The van der Waals surface area contributed by atoms with Gasteiger partial charge >= 0.3 is 5.97 Å². The summed E-state index contributed by atoms with van der Waals surface area (Å²) in [6.45, 7) is 1.21. The van der Waals surface area contributed by atoms with Crippen LogP contribution >= 0.6 is 0 Å². The third-order valence-electron chi connectivity index (χ3n) is 7.12. The van der Waals surface area contributed by atoms with Crippen molar-refractivity contribution in [3.05, 3.63) is 84.1 Å². The maximum Gasteiger partial charge on any atom is 0.328 e. The lowest BCUT2D eigenvalue weighted by atomic mass is 10.0. The van der Waals surface area contributed by atoms with Gasteiger partial charge in [-0.15, -0.1) is 0 Å². The number of fused-ring (bicyclic) bond motifs is 1. The Kier molecular flexibility index (Phi) is 10.3. The second-order valence-electron chi connectivity index (χ2n) is 10.5. The number of nitrogens with two attached hydrogens (primary N) is 1. The SMILES string of the molecule is CC(O)C(NC(=O)C(Cc1cnc[nH]1)NC(=O)C(Cc1ccc(O)cc1)NC(=O)C(N)Cc1c[nH]c2ccccc12)C(=O)O. The van der Waals surface area contributed by atoms with Gasteiger partial charge in [0.25, 0.3) is 0 Å². The number of aliphatic hydroxyl groups excluding tert-OH is 1. The number of phenols is 1. The second-order valence-corrected chi connectivity index (χ2v) is 10.5. The highest BCUT2D eigenvalue weighted by molar-refractivity contribution is 5.94. The number of para-hydroxylation sites is 1. The molecule has 4 aromatic rings. The molecule has 0 fully saturated rings. The van der Waals surface area contributed by atoms with E-state index in [2.05, 4.69) is 30.9 Å². The van der Waals surface area contributed by atoms with Crippen molar-refractivity contribution in [3.8, 4) is 5.75 Å². The van der Waals surface area contributed by atoms with Crippen molar-refractivity contribution in [2.45, 2.75) is 56.5 Å². The minimum Gasteiger partial charge on any atom is -0.508 e. The number of aromatic amines is 2. The number of carboxylic acid groups (broad SMARTS) is 1. The van der Waals surface area contributed by atoms with Gasteiger partial charge in [0.15, 0.2) is 6.04 Å². The lowest BCUT2D eigenvalue weighted by Gasteiger charge is -2.26. The monoisotopic (exact) mass is 605 g/mol. The van der Waals surface area contributed by atoms with E-state index >= 15 is 0 Å². The zero-order valence-electron chi connectivity index (χ0n) is 23.9. The summed E-state index contributed by atoms with van der Waals surface area (Å²) in [5.41, 5.74) is 9.05. The molecule has 232 valence electrons. The molecule has 14 heteroatoms. The Morgan fingerprint density at radius 1 is 0.886 bits per heavy atom. The zero-order valence-corrected chi connectivity index (χ0v) is 23.9. The number of carboxylic acids is 1. The number of H-pyrrole nitrogens is 2. The van der Waals surface area contributed by atoms with Gasteiger partial charge in [-0.3, -0.25) is 14.4 Å². The average Bonchev–Trinajstić information content (AvgIpc) is 3.66. The predicted molar refractivity (Wildman–Crippen MR) is 159 cm³/mol. The first-order valence-electron chi connectivity index (χ1n) is 13.9. The number of amides is 3. The molecule has 10 N–H and O–H groups in total. The molecule has 5 atom stereocenters. The number of imidazole rings is 1. The van der Waals surface area contributed by atoms with Gasteiger partial charge in [-0.25, -0.2) is 9.78 Å². The van der Waals surface area contributed by atoms with Gasteiger partial charge in [0.05, 0.1) is 18.5 Å². The lowest BCUT2D eigenvalue weighted by Crippen LogP contribution is -2.59. The molecule has 3 amide bonds. The summed E-state index contributed by atoms with van der Waals surface area (Å²) in [5, 5.41) is 37.4. The first-order chi connectivity index (χ1) is 21.0. The van der Waals surface area contributed by atoms with Crippen molar-refractivity contribution in [3.63, 3.8) is 0 Å². The normalized spacial score (nSPS) is 14.6. The van der Waals surface area contributed by atoms with E-state index in [0.717, 1.165) is 16.5 Å². The largest absolute Gasteiger partial charge is 0.508 e. The lowest BCUT2D eigenvalue weighted by molar-refractivity contribution is -0.145. The van der Waals surface area contributed by atoms with E-state index in [1.807, 2.05) is 24.3 Å². The predicted octanol–water partition coefficient (Wildman–Crippen LogP) is -0.128. The smallest absolute Gasteiger partial charge is 0.328 e. The van der Waals surface area contributed by atoms with Crippen LogP contribution < -0.4 is 21.7 Å². The molecule has 2 heterocycles. The zero-order chi connectivity index (χ0) is 31.8.